The van der Waals surface area contributed by atoms with Crippen LogP contribution >= 0.6 is 0 Å². The van der Waals surface area contributed by atoms with Crippen molar-refractivity contribution in [2.24, 2.45) is 0 Å². The lowest BCUT2D eigenvalue weighted by molar-refractivity contribution is -0.141. The molecule has 1 unspecified atom stereocenters. The Labute approximate surface area is 69.0 Å². The zero-order valence-corrected chi connectivity index (χ0v) is 6.29. The molecule has 1 aromatic carbocycles. The quantitative estimate of drug-likeness (QED) is 0.431. The number of hydrogen-bond donors (Lipinski definition) is 0. The molecule has 1 atom stereocenters. The van der Waals surface area contributed by atoms with E-state index in [2.05, 4.69) is 0 Å². The fraction of sp³-hybridized carbons (Fsp3) is 0.222. The molecule has 0 bridgehead atoms. The summed E-state index contributed by atoms with van der Waals surface area (Å²) >= 11 is 0. The minimum Gasteiger partial charge on any atom is -0.424 e. The molecule has 1 aliphatic heterocycles. The zero-order chi connectivity index (χ0) is 8.55. The number of fused-ring (bicyclic) bond motifs is 1. The van der Waals surface area contributed by atoms with Crippen molar-refractivity contribution >= 4 is 5.97 Å². The first kappa shape index (κ1) is 7.28. The van der Waals surface area contributed by atoms with Gasteiger partial charge in [-0.25, -0.2) is 9.18 Å². The largest absolute Gasteiger partial charge is 0.424 e. The Morgan fingerprint density at radius 1 is 1.42 bits per heavy atom. The van der Waals surface area contributed by atoms with Crippen LogP contribution in [-0.4, -0.2) is 12.1 Å². The molecule has 2 nitrogen and oxygen atoms in total. The highest BCUT2D eigenvalue weighted by Gasteiger charge is 2.27. The van der Waals surface area contributed by atoms with Crippen LogP contribution in [0.15, 0.2) is 24.3 Å². The molecular weight excluding hydrogens is 159 g/mol. The van der Waals surface area contributed by atoms with E-state index < -0.39 is 12.1 Å². The van der Waals surface area contributed by atoms with Gasteiger partial charge in [0.1, 0.15) is 5.75 Å². The molecule has 0 aliphatic carbocycles. The summed E-state index contributed by atoms with van der Waals surface area (Å²) in [7, 11) is 0. The fourth-order valence-electron chi connectivity index (χ4n) is 1.22. The number of esters is 1. The molecule has 0 radical (unpaired) electrons. The van der Waals surface area contributed by atoms with E-state index in [0.717, 1.165) is 5.56 Å². The van der Waals surface area contributed by atoms with E-state index in [1.165, 1.54) is 0 Å². The van der Waals surface area contributed by atoms with Crippen LogP contribution in [0.4, 0.5) is 4.39 Å². The van der Waals surface area contributed by atoms with Crippen molar-refractivity contribution in [1.82, 2.24) is 0 Å². The van der Waals surface area contributed by atoms with E-state index in [-0.39, 0.29) is 6.42 Å². The number of alkyl halides is 1. The Bertz CT molecular complexity index is 322. The molecule has 0 fully saturated rings. The Morgan fingerprint density at radius 3 is 3.00 bits per heavy atom. The standard InChI is InChI=1S/C9H7FO2/c10-7-5-6-3-1-2-4-8(6)12-9(7)11/h1-4,7H,5H2. The van der Waals surface area contributed by atoms with Crippen LogP contribution in [-0.2, 0) is 11.2 Å². The number of benzene rings is 1. The summed E-state index contributed by atoms with van der Waals surface area (Å²) in [4.78, 5) is 10.8. The third kappa shape index (κ3) is 1.07. The summed E-state index contributed by atoms with van der Waals surface area (Å²) < 4.78 is 17.5. The van der Waals surface area contributed by atoms with Crippen LogP contribution in [0.25, 0.3) is 0 Å². The molecule has 1 heterocycles. The topological polar surface area (TPSA) is 26.3 Å². The Hall–Kier alpha value is -1.38. The van der Waals surface area contributed by atoms with Gasteiger partial charge in [-0.2, -0.15) is 0 Å². The molecule has 0 N–H and O–H groups in total. The number of carbonyl (C=O) groups is 1. The first-order valence-electron chi connectivity index (χ1n) is 3.71. The van der Waals surface area contributed by atoms with Crippen molar-refractivity contribution in [2.45, 2.75) is 12.6 Å². The minimum absolute atomic E-state index is 0.134. The maximum Gasteiger partial charge on any atom is 0.346 e. The van der Waals surface area contributed by atoms with Gasteiger partial charge in [-0.05, 0) is 11.6 Å². The molecule has 0 spiro atoms. The average Bonchev–Trinajstić information content (AvgIpc) is 2.07. The smallest absolute Gasteiger partial charge is 0.346 e. The predicted octanol–water partition coefficient (Wildman–Crippen LogP) is 1.49. The Kier molecular flexibility index (Phi) is 1.57. The number of hydrogen-bond acceptors (Lipinski definition) is 2. The Balaban J connectivity index is 2.40. The molecular formula is C9H7FO2. The number of carbonyl (C=O) groups excluding carboxylic acids is 1. The van der Waals surface area contributed by atoms with Gasteiger partial charge >= 0.3 is 5.97 Å². The predicted molar refractivity (Wildman–Crippen MR) is 40.7 cm³/mol. The molecule has 0 saturated heterocycles. The van der Waals surface area contributed by atoms with Gasteiger partial charge < -0.3 is 4.74 Å². The van der Waals surface area contributed by atoms with Crippen molar-refractivity contribution in [3.63, 3.8) is 0 Å². The molecule has 62 valence electrons. The first-order chi connectivity index (χ1) is 5.77. The molecule has 0 amide bonds. The third-order valence-corrected chi connectivity index (χ3v) is 1.84. The zero-order valence-electron chi connectivity index (χ0n) is 6.29. The van der Waals surface area contributed by atoms with Gasteiger partial charge in [-0.3, -0.25) is 0 Å². The normalized spacial score (nSPS) is 21.4. The maximum atomic E-state index is 12.8. The minimum atomic E-state index is -1.50. The van der Waals surface area contributed by atoms with E-state index in [0.29, 0.717) is 5.75 Å². The van der Waals surface area contributed by atoms with Gasteiger partial charge in [-0.1, -0.05) is 18.2 Å². The van der Waals surface area contributed by atoms with Crippen LogP contribution in [0.2, 0.25) is 0 Å². The summed E-state index contributed by atoms with van der Waals surface area (Å²) in [6.07, 6.45) is -1.37. The monoisotopic (exact) mass is 166 g/mol. The van der Waals surface area contributed by atoms with Crippen molar-refractivity contribution in [3.8, 4) is 5.75 Å². The van der Waals surface area contributed by atoms with Crippen molar-refractivity contribution in [2.75, 3.05) is 0 Å². The van der Waals surface area contributed by atoms with E-state index in [1.54, 1.807) is 24.3 Å². The number of ether oxygens (including phenoxy) is 1. The van der Waals surface area contributed by atoms with E-state index in [1.807, 2.05) is 0 Å². The summed E-state index contributed by atoms with van der Waals surface area (Å²) in [5.41, 5.74) is 0.754. The number of rotatable bonds is 0. The maximum absolute atomic E-state index is 12.8. The summed E-state index contributed by atoms with van der Waals surface area (Å²) in [5.74, 6) is -0.301. The van der Waals surface area contributed by atoms with Gasteiger partial charge in [0.25, 0.3) is 0 Å². The lowest BCUT2D eigenvalue weighted by Gasteiger charge is -2.17. The summed E-state index contributed by atoms with van der Waals surface area (Å²) in [6.45, 7) is 0. The van der Waals surface area contributed by atoms with Crippen molar-refractivity contribution < 1.29 is 13.9 Å². The molecule has 1 aromatic rings. The highest BCUT2D eigenvalue weighted by Crippen LogP contribution is 2.25. The van der Waals surface area contributed by atoms with E-state index >= 15 is 0 Å². The van der Waals surface area contributed by atoms with Gasteiger partial charge in [-0.15, -0.1) is 0 Å². The summed E-state index contributed by atoms with van der Waals surface area (Å²) in [5, 5.41) is 0. The van der Waals surface area contributed by atoms with Gasteiger partial charge in [0.15, 0.2) is 0 Å². The van der Waals surface area contributed by atoms with Crippen LogP contribution in [0.5, 0.6) is 5.75 Å². The lowest BCUT2D eigenvalue weighted by Crippen LogP contribution is -2.28. The second-order valence-corrected chi connectivity index (χ2v) is 2.70. The second-order valence-electron chi connectivity index (χ2n) is 2.70. The van der Waals surface area contributed by atoms with Crippen molar-refractivity contribution in [1.29, 1.82) is 0 Å². The second kappa shape index (κ2) is 2.59. The highest BCUT2D eigenvalue weighted by atomic mass is 19.1. The van der Waals surface area contributed by atoms with Crippen LogP contribution in [0, 0.1) is 0 Å². The van der Waals surface area contributed by atoms with Gasteiger partial charge in [0, 0.05) is 6.42 Å². The number of halogens is 1. The summed E-state index contributed by atoms with van der Waals surface area (Å²) in [6, 6.07) is 6.98. The molecule has 2 rings (SSSR count). The van der Waals surface area contributed by atoms with Crippen LogP contribution in [0.3, 0.4) is 0 Å². The number of para-hydroxylation sites is 1. The SMILES string of the molecule is O=C1Oc2ccccc2CC1F. The van der Waals surface area contributed by atoms with E-state index in [4.69, 9.17) is 4.74 Å². The Morgan fingerprint density at radius 2 is 2.17 bits per heavy atom. The highest BCUT2D eigenvalue weighted by molar-refractivity contribution is 5.79. The molecule has 12 heavy (non-hydrogen) atoms. The molecule has 0 aromatic heterocycles. The van der Waals surface area contributed by atoms with Crippen molar-refractivity contribution in [3.05, 3.63) is 29.8 Å². The molecule has 1 aliphatic rings. The first-order valence-corrected chi connectivity index (χ1v) is 3.71. The fourth-order valence-corrected chi connectivity index (χ4v) is 1.22. The average molecular weight is 166 g/mol. The van der Waals surface area contributed by atoms with Crippen LogP contribution in [0.1, 0.15) is 5.56 Å². The molecule has 0 saturated carbocycles. The molecule has 3 heteroatoms. The third-order valence-electron chi connectivity index (χ3n) is 1.84. The van der Waals surface area contributed by atoms with Crippen LogP contribution < -0.4 is 4.74 Å². The van der Waals surface area contributed by atoms with E-state index in [9.17, 15) is 9.18 Å². The lowest BCUT2D eigenvalue weighted by atomic mass is 10.1. The van der Waals surface area contributed by atoms with Gasteiger partial charge in [0.05, 0.1) is 0 Å². The van der Waals surface area contributed by atoms with Gasteiger partial charge in [0.2, 0.25) is 6.17 Å².